The maximum atomic E-state index is 13.0. The molecule has 1 fully saturated rings. The average molecular weight is 474 g/mol. The van der Waals surface area contributed by atoms with Crippen molar-refractivity contribution in [3.05, 3.63) is 77.9 Å². The molecule has 35 heavy (non-hydrogen) atoms. The first kappa shape index (κ1) is 21.6. The number of ether oxygens (including phenoxy) is 4. The number of fused-ring (bicyclic) bond motifs is 2. The minimum absolute atomic E-state index is 0.000355. The zero-order valence-corrected chi connectivity index (χ0v) is 19.3. The summed E-state index contributed by atoms with van der Waals surface area (Å²) in [6.45, 7) is 4.49. The third kappa shape index (κ3) is 4.44. The van der Waals surface area contributed by atoms with Gasteiger partial charge in [0.05, 0.1) is 6.04 Å². The molecule has 3 aromatic carbocycles. The molecule has 0 bridgehead atoms. The topological polar surface area (TPSA) is 72.5 Å². The van der Waals surface area contributed by atoms with Crippen LogP contribution in [0.1, 0.15) is 22.0 Å². The fraction of sp³-hybridized carbons (Fsp3) is 0.296. The minimum atomic E-state index is -0.142. The third-order valence-electron chi connectivity index (χ3n) is 6.75. The van der Waals surface area contributed by atoms with Gasteiger partial charge in [-0.25, -0.2) is 0 Å². The van der Waals surface area contributed by atoms with Gasteiger partial charge in [-0.15, -0.1) is 0 Å². The summed E-state index contributed by atoms with van der Waals surface area (Å²) >= 11 is 0. The SMILES string of the molecule is O=C(NC[C@@H](c1ccc2c(c1)OCO2)N1CCN(c2ccccc2)CC1)c1ccc2c(c1)OCO2. The number of nitrogens with one attached hydrogen (secondary N) is 1. The van der Waals surface area contributed by atoms with Gasteiger partial charge in [0.15, 0.2) is 23.0 Å². The number of nitrogens with zero attached hydrogens (tertiary/aromatic N) is 2. The fourth-order valence-corrected chi connectivity index (χ4v) is 4.84. The Hall–Kier alpha value is -3.91. The highest BCUT2D eigenvalue weighted by molar-refractivity contribution is 5.95. The van der Waals surface area contributed by atoms with E-state index in [1.165, 1.54) is 5.69 Å². The lowest BCUT2D eigenvalue weighted by molar-refractivity contribution is 0.0929. The molecule has 0 aliphatic carbocycles. The quantitative estimate of drug-likeness (QED) is 0.588. The molecular weight excluding hydrogens is 446 g/mol. The van der Waals surface area contributed by atoms with E-state index in [1.807, 2.05) is 18.2 Å². The van der Waals surface area contributed by atoms with Crippen molar-refractivity contribution in [2.75, 3.05) is 51.2 Å². The Morgan fingerprint density at radius 3 is 2.17 bits per heavy atom. The van der Waals surface area contributed by atoms with Gasteiger partial charge in [0, 0.05) is 44.0 Å². The van der Waals surface area contributed by atoms with E-state index < -0.39 is 0 Å². The number of carbonyl (C=O) groups is 1. The van der Waals surface area contributed by atoms with Crippen LogP contribution in [-0.4, -0.2) is 57.1 Å². The fourth-order valence-electron chi connectivity index (χ4n) is 4.84. The van der Waals surface area contributed by atoms with Crippen LogP contribution in [0.5, 0.6) is 23.0 Å². The number of amides is 1. The van der Waals surface area contributed by atoms with Gasteiger partial charge in [-0.3, -0.25) is 9.69 Å². The van der Waals surface area contributed by atoms with Crippen LogP contribution in [0, 0.1) is 0 Å². The van der Waals surface area contributed by atoms with Gasteiger partial charge in [0.2, 0.25) is 13.6 Å². The predicted molar refractivity (Wildman–Crippen MR) is 130 cm³/mol. The summed E-state index contributed by atoms with van der Waals surface area (Å²) in [6, 6.07) is 21.8. The number of carbonyl (C=O) groups excluding carboxylic acids is 1. The Bertz CT molecular complexity index is 1210. The molecule has 1 saturated heterocycles. The predicted octanol–water partition coefficient (Wildman–Crippen LogP) is 3.44. The number of hydrogen-bond acceptors (Lipinski definition) is 7. The molecule has 1 amide bonds. The zero-order valence-electron chi connectivity index (χ0n) is 19.3. The first-order chi connectivity index (χ1) is 17.2. The van der Waals surface area contributed by atoms with Crippen molar-refractivity contribution >= 4 is 11.6 Å². The van der Waals surface area contributed by atoms with E-state index in [2.05, 4.69) is 45.4 Å². The van der Waals surface area contributed by atoms with Crippen LogP contribution in [0.3, 0.4) is 0 Å². The number of para-hydroxylation sites is 1. The monoisotopic (exact) mass is 473 g/mol. The number of hydrogen-bond donors (Lipinski definition) is 1. The lowest BCUT2D eigenvalue weighted by atomic mass is 10.0. The van der Waals surface area contributed by atoms with Crippen LogP contribution >= 0.6 is 0 Å². The Kier molecular flexibility index (Phi) is 5.79. The van der Waals surface area contributed by atoms with Gasteiger partial charge in [-0.2, -0.15) is 0 Å². The van der Waals surface area contributed by atoms with E-state index in [0.717, 1.165) is 43.2 Å². The molecule has 1 atom stereocenters. The third-order valence-corrected chi connectivity index (χ3v) is 6.75. The van der Waals surface area contributed by atoms with Crippen LogP contribution in [0.2, 0.25) is 0 Å². The maximum Gasteiger partial charge on any atom is 0.251 e. The molecule has 0 radical (unpaired) electrons. The van der Waals surface area contributed by atoms with E-state index in [0.29, 0.717) is 23.6 Å². The second kappa shape index (κ2) is 9.38. The summed E-state index contributed by atoms with van der Waals surface area (Å²) in [4.78, 5) is 17.8. The molecule has 3 aromatic rings. The standard InChI is InChI=1S/C27H27N3O5/c31-27(20-7-9-24-26(15-20)35-18-33-24)28-16-22(19-6-8-23-25(14-19)34-17-32-23)30-12-10-29(11-13-30)21-4-2-1-3-5-21/h1-9,14-15,22H,10-13,16-18H2,(H,28,31)/t22-/m0/s1. The summed E-state index contributed by atoms with van der Waals surface area (Å²) in [5.74, 6) is 2.62. The zero-order chi connectivity index (χ0) is 23.6. The van der Waals surface area contributed by atoms with Crippen molar-refractivity contribution in [2.24, 2.45) is 0 Å². The van der Waals surface area contributed by atoms with Crippen molar-refractivity contribution < 1.29 is 23.7 Å². The number of anilines is 1. The van der Waals surface area contributed by atoms with Crippen molar-refractivity contribution in [2.45, 2.75) is 6.04 Å². The van der Waals surface area contributed by atoms with Gasteiger partial charge < -0.3 is 29.2 Å². The molecule has 0 unspecified atom stereocenters. The van der Waals surface area contributed by atoms with Crippen molar-refractivity contribution in [3.8, 4) is 23.0 Å². The molecule has 3 aliphatic heterocycles. The van der Waals surface area contributed by atoms with E-state index >= 15 is 0 Å². The molecule has 8 nitrogen and oxygen atoms in total. The maximum absolute atomic E-state index is 13.0. The molecule has 1 N–H and O–H groups in total. The van der Waals surface area contributed by atoms with E-state index in [9.17, 15) is 4.79 Å². The first-order valence-corrected chi connectivity index (χ1v) is 11.9. The summed E-state index contributed by atoms with van der Waals surface area (Å²) in [7, 11) is 0. The molecule has 8 heteroatoms. The average Bonchev–Trinajstić information content (AvgIpc) is 3.58. The summed E-state index contributed by atoms with van der Waals surface area (Å²) in [5, 5.41) is 3.13. The number of benzene rings is 3. The van der Waals surface area contributed by atoms with Gasteiger partial charge in [-0.05, 0) is 48.0 Å². The molecule has 0 aromatic heterocycles. The van der Waals surface area contributed by atoms with Crippen molar-refractivity contribution in [3.63, 3.8) is 0 Å². The highest BCUT2D eigenvalue weighted by Gasteiger charge is 2.28. The first-order valence-electron chi connectivity index (χ1n) is 11.9. The molecular formula is C27H27N3O5. The Balaban J connectivity index is 1.19. The molecule has 180 valence electrons. The van der Waals surface area contributed by atoms with E-state index in [4.69, 9.17) is 18.9 Å². The van der Waals surface area contributed by atoms with Crippen LogP contribution < -0.4 is 29.2 Å². The van der Waals surface area contributed by atoms with Crippen LogP contribution in [-0.2, 0) is 0 Å². The lowest BCUT2D eigenvalue weighted by Crippen LogP contribution is -2.50. The second-order valence-electron chi connectivity index (χ2n) is 8.77. The summed E-state index contributed by atoms with van der Waals surface area (Å²) in [6.07, 6.45) is 0. The Morgan fingerprint density at radius 2 is 1.43 bits per heavy atom. The Labute approximate surface area is 203 Å². The largest absolute Gasteiger partial charge is 0.454 e. The molecule has 6 rings (SSSR count). The highest BCUT2D eigenvalue weighted by Crippen LogP contribution is 2.36. The summed E-state index contributed by atoms with van der Waals surface area (Å²) in [5.41, 5.74) is 2.88. The molecule has 0 spiro atoms. The van der Waals surface area contributed by atoms with Gasteiger partial charge in [-0.1, -0.05) is 24.3 Å². The number of rotatable bonds is 6. The molecule has 3 aliphatic rings. The van der Waals surface area contributed by atoms with Crippen LogP contribution in [0.15, 0.2) is 66.7 Å². The van der Waals surface area contributed by atoms with Gasteiger partial charge >= 0.3 is 0 Å². The lowest BCUT2D eigenvalue weighted by Gasteiger charge is -2.40. The molecule has 3 heterocycles. The molecule has 0 saturated carbocycles. The van der Waals surface area contributed by atoms with Gasteiger partial charge in [0.1, 0.15) is 0 Å². The Morgan fingerprint density at radius 1 is 0.771 bits per heavy atom. The van der Waals surface area contributed by atoms with E-state index in [-0.39, 0.29) is 25.5 Å². The normalized spacial score (nSPS) is 17.3. The van der Waals surface area contributed by atoms with Crippen LogP contribution in [0.4, 0.5) is 5.69 Å². The van der Waals surface area contributed by atoms with Crippen LogP contribution in [0.25, 0.3) is 0 Å². The minimum Gasteiger partial charge on any atom is -0.454 e. The highest BCUT2D eigenvalue weighted by atomic mass is 16.7. The smallest absolute Gasteiger partial charge is 0.251 e. The number of piperazine rings is 1. The summed E-state index contributed by atoms with van der Waals surface area (Å²) < 4.78 is 21.9. The van der Waals surface area contributed by atoms with E-state index in [1.54, 1.807) is 18.2 Å². The van der Waals surface area contributed by atoms with Crippen molar-refractivity contribution in [1.82, 2.24) is 10.2 Å². The second-order valence-corrected chi connectivity index (χ2v) is 8.77. The van der Waals surface area contributed by atoms with Crippen molar-refractivity contribution in [1.29, 1.82) is 0 Å². The van der Waals surface area contributed by atoms with Gasteiger partial charge in [0.25, 0.3) is 5.91 Å².